The Morgan fingerprint density at radius 1 is 1.11 bits per heavy atom. The summed E-state index contributed by atoms with van der Waals surface area (Å²) >= 11 is 12.3. The number of benzene rings is 2. The number of carbonyl (C=O) groups is 1. The van der Waals surface area contributed by atoms with E-state index in [1.165, 1.54) is 10.4 Å². The van der Waals surface area contributed by atoms with Crippen LogP contribution in [0.15, 0.2) is 36.4 Å². The predicted octanol–water partition coefficient (Wildman–Crippen LogP) is 4.74. The van der Waals surface area contributed by atoms with Crippen LogP contribution >= 0.6 is 23.2 Å². The minimum atomic E-state index is -3.35. The Labute approximate surface area is 169 Å². The number of hydrogen-bond acceptors (Lipinski definition) is 3. The maximum absolute atomic E-state index is 12.7. The summed E-state index contributed by atoms with van der Waals surface area (Å²) in [6, 6.07) is 10.0. The van der Waals surface area contributed by atoms with E-state index in [9.17, 15) is 13.2 Å². The van der Waals surface area contributed by atoms with Crippen molar-refractivity contribution in [2.45, 2.75) is 26.2 Å². The van der Waals surface area contributed by atoms with E-state index in [2.05, 4.69) is 12.2 Å². The smallest absolute Gasteiger partial charge is 0.255 e. The summed E-state index contributed by atoms with van der Waals surface area (Å²) < 4.78 is 25.6. The van der Waals surface area contributed by atoms with E-state index in [4.69, 9.17) is 23.2 Å². The normalized spacial score (nSPS) is 15.7. The average molecular weight is 427 g/mol. The second-order valence-corrected chi connectivity index (χ2v) is 9.38. The Kier molecular flexibility index (Phi) is 5.99. The summed E-state index contributed by atoms with van der Waals surface area (Å²) in [5.74, 6) is -0.274. The largest absolute Gasteiger partial charge is 0.322 e. The molecule has 0 atom stereocenters. The third-order valence-corrected chi connectivity index (χ3v) is 6.59. The van der Waals surface area contributed by atoms with Crippen LogP contribution in [0.25, 0.3) is 0 Å². The molecule has 1 amide bonds. The molecule has 0 unspecified atom stereocenters. The van der Waals surface area contributed by atoms with Crippen LogP contribution < -0.4 is 9.62 Å². The van der Waals surface area contributed by atoms with Crippen molar-refractivity contribution in [2.24, 2.45) is 0 Å². The lowest BCUT2D eigenvalue weighted by molar-refractivity contribution is 0.102. The van der Waals surface area contributed by atoms with Crippen LogP contribution in [0.2, 0.25) is 10.0 Å². The highest BCUT2D eigenvalue weighted by atomic mass is 35.5. The number of rotatable bonds is 5. The van der Waals surface area contributed by atoms with Crippen molar-refractivity contribution < 1.29 is 13.2 Å². The molecule has 8 heteroatoms. The highest BCUT2D eigenvalue weighted by Crippen LogP contribution is 2.29. The second-order valence-electron chi connectivity index (χ2n) is 6.49. The molecule has 1 aliphatic rings. The molecular formula is C19H20Cl2N2O3S. The van der Waals surface area contributed by atoms with Gasteiger partial charge in [0, 0.05) is 27.8 Å². The number of halogens is 2. The van der Waals surface area contributed by atoms with Crippen molar-refractivity contribution in [1.29, 1.82) is 0 Å². The van der Waals surface area contributed by atoms with Crippen molar-refractivity contribution in [3.63, 3.8) is 0 Å². The third-order valence-electron chi connectivity index (χ3n) is 4.29. The lowest BCUT2D eigenvalue weighted by atomic mass is 10.1. The van der Waals surface area contributed by atoms with Gasteiger partial charge in [0.15, 0.2) is 0 Å². The van der Waals surface area contributed by atoms with Gasteiger partial charge in [-0.15, -0.1) is 0 Å². The van der Waals surface area contributed by atoms with Crippen molar-refractivity contribution in [2.75, 3.05) is 21.9 Å². The molecule has 1 aliphatic heterocycles. The molecule has 0 radical (unpaired) electrons. The first kappa shape index (κ1) is 20.0. The second kappa shape index (κ2) is 8.09. The van der Waals surface area contributed by atoms with E-state index in [1.807, 2.05) is 12.1 Å². The Morgan fingerprint density at radius 2 is 1.85 bits per heavy atom. The van der Waals surface area contributed by atoms with E-state index in [0.29, 0.717) is 34.4 Å². The van der Waals surface area contributed by atoms with Gasteiger partial charge in [-0.05, 0) is 54.8 Å². The van der Waals surface area contributed by atoms with Gasteiger partial charge in [-0.25, -0.2) is 8.42 Å². The molecule has 2 aromatic carbocycles. The Hall–Kier alpha value is -1.76. The highest BCUT2D eigenvalue weighted by molar-refractivity contribution is 7.93. The van der Waals surface area contributed by atoms with Crippen molar-refractivity contribution in [3.05, 3.63) is 57.6 Å². The predicted molar refractivity (Wildman–Crippen MR) is 111 cm³/mol. The average Bonchev–Trinajstić information content (AvgIpc) is 2.93. The van der Waals surface area contributed by atoms with Crippen LogP contribution in [-0.4, -0.2) is 26.6 Å². The van der Waals surface area contributed by atoms with E-state index in [1.54, 1.807) is 18.2 Å². The van der Waals surface area contributed by atoms with E-state index < -0.39 is 10.0 Å². The number of amides is 1. The molecule has 27 heavy (non-hydrogen) atoms. The fourth-order valence-corrected chi connectivity index (χ4v) is 5.17. The Balaban J connectivity index is 1.87. The fraction of sp³-hybridized carbons (Fsp3) is 0.316. The number of nitrogens with zero attached hydrogens (tertiary/aromatic N) is 1. The molecule has 1 heterocycles. The van der Waals surface area contributed by atoms with Gasteiger partial charge in [-0.1, -0.05) is 36.5 Å². The van der Waals surface area contributed by atoms with Gasteiger partial charge in [0.1, 0.15) is 0 Å². The lowest BCUT2D eigenvalue weighted by Crippen LogP contribution is -2.25. The number of carbonyl (C=O) groups excluding carboxylic acids is 1. The van der Waals surface area contributed by atoms with Gasteiger partial charge in [0.25, 0.3) is 5.91 Å². The topological polar surface area (TPSA) is 66.5 Å². The number of hydrogen-bond donors (Lipinski definition) is 1. The molecule has 0 aromatic heterocycles. The molecule has 2 aromatic rings. The highest BCUT2D eigenvalue weighted by Gasteiger charge is 2.29. The van der Waals surface area contributed by atoms with Gasteiger partial charge in [0.05, 0.1) is 11.4 Å². The summed E-state index contributed by atoms with van der Waals surface area (Å²) in [6.45, 7) is 2.46. The minimum absolute atomic E-state index is 0.101. The van der Waals surface area contributed by atoms with Crippen LogP contribution in [0.3, 0.4) is 0 Å². The molecule has 1 fully saturated rings. The van der Waals surface area contributed by atoms with E-state index in [-0.39, 0.29) is 17.2 Å². The standard InChI is InChI=1S/C19H20Cl2N2O3S/c1-2-4-13-7-15(20)11-17(8-13)22-19(24)14-9-16(21)12-18(10-14)23-5-3-6-27(23,25)26/h7-12H,2-6H2,1H3,(H,22,24). The molecule has 3 rings (SSSR count). The third kappa shape index (κ3) is 4.75. The minimum Gasteiger partial charge on any atom is -0.322 e. The number of sulfonamides is 1. The van der Waals surface area contributed by atoms with Crippen molar-refractivity contribution >= 4 is 50.5 Å². The molecule has 5 nitrogen and oxygen atoms in total. The maximum atomic E-state index is 12.7. The molecule has 0 spiro atoms. The summed E-state index contributed by atoms with van der Waals surface area (Å²) in [5.41, 5.74) is 2.32. The summed E-state index contributed by atoms with van der Waals surface area (Å²) in [4.78, 5) is 12.7. The first-order valence-corrected chi connectivity index (χ1v) is 11.1. The van der Waals surface area contributed by atoms with Gasteiger partial charge in [-0.2, -0.15) is 0 Å². The number of aryl methyl sites for hydroxylation is 1. The maximum Gasteiger partial charge on any atom is 0.255 e. The monoisotopic (exact) mass is 426 g/mol. The summed E-state index contributed by atoms with van der Waals surface area (Å²) in [6.07, 6.45) is 2.38. The molecule has 0 bridgehead atoms. The molecule has 0 saturated carbocycles. The first-order chi connectivity index (χ1) is 12.8. The zero-order valence-electron chi connectivity index (χ0n) is 14.8. The number of nitrogens with one attached hydrogen (secondary N) is 1. The first-order valence-electron chi connectivity index (χ1n) is 8.70. The molecular weight excluding hydrogens is 407 g/mol. The number of anilines is 2. The zero-order chi connectivity index (χ0) is 19.6. The lowest BCUT2D eigenvalue weighted by Gasteiger charge is -2.18. The van der Waals surface area contributed by atoms with Crippen LogP contribution in [0.4, 0.5) is 11.4 Å². The SMILES string of the molecule is CCCc1cc(Cl)cc(NC(=O)c2cc(Cl)cc(N3CCCS3(=O)=O)c2)c1. The van der Waals surface area contributed by atoms with Crippen LogP contribution in [0.5, 0.6) is 0 Å². The molecule has 0 aliphatic carbocycles. The Bertz CT molecular complexity index is 977. The molecule has 1 N–H and O–H groups in total. The quantitative estimate of drug-likeness (QED) is 0.750. The summed E-state index contributed by atoms with van der Waals surface area (Å²) in [7, 11) is -3.35. The zero-order valence-corrected chi connectivity index (χ0v) is 17.2. The van der Waals surface area contributed by atoms with Gasteiger partial charge in [-0.3, -0.25) is 9.10 Å². The van der Waals surface area contributed by atoms with Crippen molar-refractivity contribution in [3.8, 4) is 0 Å². The van der Waals surface area contributed by atoms with Gasteiger partial charge >= 0.3 is 0 Å². The summed E-state index contributed by atoms with van der Waals surface area (Å²) in [5, 5.41) is 3.66. The van der Waals surface area contributed by atoms with Gasteiger partial charge in [0.2, 0.25) is 10.0 Å². The van der Waals surface area contributed by atoms with E-state index >= 15 is 0 Å². The van der Waals surface area contributed by atoms with E-state index in [0.717, 1.165) is 18.4 Å². The van der Waals surface area contributed by atoms with Crippen molar-refractivity contribution in [1.82, 2.24) is 0 Å². The molecule has 144 valence electrons. The molecule has 1 saturated heterocycles. The van der Waals surface area contributed by atoms with Crippen LogP contribution in [-0.2, 0) is 16.4 Å². The van der Waals surface area contributed by atoms with Gasteiger partial charge < -0.3 is 5.32 Å². The fourth-order valence-electron chi connectivity index (χ4n) is 3.14. The Morgan fingerprint density at radius 3 is 2.52 bits per heavy atom. The van der Waals surface area contributed by atoms with Crippen LogP contribution in [0.1, 0.15) is 35.7 Å². The van der Waals surface area contributed by atoms with Crippen LogP contribution in [0, 0.1) is 0 Å².